The second-order valence-electron chi connectivity index (χ2n) is 4.19. The molecular weight excluding hydrogens is 328 g/mol. The number of halogens is 1. The quantitative estimate of drug-likeness (QED) is 0.858. The zero-order valence-corrected chi connectivity index (χ0v) is 12.8. The number of carbonyl (C=O) groups is 2. The third kappa shape index (κ3) is 2.62. The third-order valence-electron chi connectivity index (χ3n) is 2.86. The number of hydrogen-bond acceptors (Lipinski definition) is 3. The van der Waals surface area contributed by atoms with Gasteiger partial charge in [0.1, 0.15) is 0 Å². The third-order valence-corrected chi connectivity index (χ3v) is 4.48. The first kappa shape index (κ1) is 14.0. The molecule has 0 fully saturated rings. The fraction of sp³-hybridized carbons (Fsp3) is 0.143. The molecule has 0 aliphatic carbocycles. The molecule has 1 heterocycles. The van der Waals surface area contributed by atoms with E-state index in [0.29, 0.717) is 16.0 Å². The molecule has 98 valence electrons. The number of hydrogen-bond donors (Lipinski definition) is 1. The summed E-state index contributed by atoms with van der Waals surface area (Å²) in [5.74, 6) is -1.31. The fourth-order valence-corrected chi connectivity index (χ4v) is 3.27. The minimum atomic E-state index is -1.07. The molecule has 19 heavy (non-hydrogen) atoms. The Morgan fingerprint density at radius 1 is 1.05 bits per heavy atom. The zero-order valence-electron chi connectivity index (χ0n) is 10.4. The van der Waals surface area contributed by atoms with Crippen LogP contribution in [0, 0.1) is 13.8 Å². The first-order valence-corrected chi connectivity index (χ1v) is 7.16. The van der Waals surface area contributed by atoms with E-state index in [1.165, 1.54) is 11.3 Å². The molecule has 0 bridgehead atoms. The molecule has 0 amide bonds. The molecule has 3 nitrogen and oxygen atoms in total. The Kier molecular flexibility index (Phi) is 3.87. The van der Waals surface area contributed by atoms with Crippen LogP contribution >= 0.6 is 27.3 Å². The summed E-state index contributed by atoms with van der Waals surface area (Å²) in [6.45, 7) is 3.45. The highest BCUT2D eigenvalue weighted by molar-refractivity contribution is 9.11. The molecule has 0 radical (unpaired) electrons. The van der Waals surface area contributed by atoms with Crippen molar-refractivity contribution in [2.45, 2.75) is 13.8 Å². The Labute approximate surface area is 123 Å². The second kappa shape index (κ2) is 5.27. The predicted molar refractivity (Wildman–Crippen MR) is 78.3 cm³/mol. The van der Waals surface area contributed by atoms with E-state index in [0.717, 1.165) is 3.79 Å². The van der Waals surface area contributed by atoms with E-state index in [1.54, 1.807) is 38.1 Å². The Hall–Kier alpha value is -1.46. The minimum Gasteiger partial charge on any atom is -0.478 e. The molecule has 0 saturated heterocycles. The van der Waals surface area contributed by atoms with Gasteiger partial charge in [0, 0.05) is 5.56 Å². The Balaban J connectivity index is 2.65. The van der Waals surface area contributed by atoms with E-state index in [4.69, 9.17) is 0 Å². The van der Waals surface area contributed by atoms with Crippen LogP contribution in [-0.4, -0.2) is 16.9 Å². The van der Waals surface area contributed by atoms with Crippen molar-refractivity contribution in [3.8, 4) is 0 Å². The molecule has 5 heteroatoms. The van der Waals surface area contributed by atoms with Gasteiger partial charge in [-0.25, -0.2) is 4.79 Å². The lowest BCUT2D eigenvalue weighted by Gasteiger charge is -2.10. The van der Waals surface area contributed by atoms with Crippen molar-refractivity contribution in [1.82, 2.24) is 0 Å². The largest absolute Gasteiger partial charge is 0.478 e. The van der Waals surface area contributed by atoms with Gasteiger partial charge >= 0.3 is 5.97 Å². The Morgan fingerprint density at radius 2 is 1.63 bits per heavy atom. The predicted octanol–water partition coefficient (Wildman–Crippen LogP) is 4.06. The van der Waals surface area contributed by atoms with E-state index in [-0.39, 0.29) is 16.9 Å². The smallest absolute Gasteiger partial charge is 0.336 e. The van der Waals surface area contributed by atoms with E-state index < -0.39 is 5.97 Å². The molecule has 0 aliphatic rings. The number of carbonyl (C=O) groups excluding carboxylic acids is 1. The standard InChI is InChI=1S/C14H11BrO3S/c1-7-3-4-8(2)12(14(17)18)11(7)13(16)9-5-6-10(15)19-9/h3-6H,1-2H3,(H,17,18). The first-order chi connectivity index (χ1) is 8.91. The summed E-state index contributed by atoms with van der Waals surface area (Å²) < 4.78 is 0.845. The maximum atomic E-state index is 12.5. The minimum absolute atomic E-state index is 0.0922. The van der Waals surface area contributed by atoms with Gasteiger partial charge in [-0.15, -0.1) is 11.3 Å². The average Bonchev–Trinajstić information content (AvgIpc) is 2.77. The maximum Gasteiger partial charge on any atom is 0.336 e. The van der Waals surface area contributed by atoms with Crippen LogP contribution in [0.4, 0.5) is 0 Å². The number of ketones is 1. The van der Waals surface area contributed by atoms with Crippen LogP contribution in [0.25, 0.3) is 0 Å². The molecular formula is C14H11BrO3S. The van der Waals surface area contributed by atoms with Crippen molar-refractivity contribution >= 4 is 39.0 Å². The molecule has 0 unspecified atom stereocenters. The van der Waals surface area contributed by atoms with Crippen LogP contribution in [0.15, 0.2) is 28.1 Å². The SMILES string of the molecule is Cc1ccc(C)c(C(=O)c2ccc(Br)s2)c1C(=O)O. The molecule has 1 N–H and O–H groups in total. The van der Waals surface area contributed by atoms with Gasteiger partial charge in [-0.05, 0) is 53.0 Å². The highest BCUT2D eigenvalue weighted by atomic mass is 79.9. The van der Waals surface area contributed by atoms with E-state index in [1.807, 2.05) is 0 Å². The average molecular weight is 339 g/mol. The maximum absolute atomic E-state index is 12.5. The van der Waals surface area contributed by atoms with Crippen molar-refractivity contribution in [2.24, 2.45) is 0 Å². The number of aryl methyl sites for hydroxylation is 2. The highest BCUT2D eigenvalue weighted by Crippen LogP contribution is 2.28. The lowest BCUT2D eigenvalue weighted by atomic mass is 9.93. The topological polar surface area (TPSA) is 54.4 Å². The van der Waals surface area contributed by atoms with Gasteiger partial charge in [-0.3, -0.25) is 4.79 Å². The fourth-order valence-electron chi connectivity index (χ4n) is 1.94. The van der Waals surface area contributed by atoms with Gasteiger partial charge in [-0.2, -0.15) is 0 Å². The molecule has 1 aromatic carbocycles. The van der Waals surface area contributed by atoms with Crippen molar-refractivity contribution in [2.75, 3.05) is 0 Å². The molecule has 1 aromatic heterocycles. The zero-order chi connectivity index (χ0) is 14.2. The van der Waals surface area contributed by atoms with Crippen molar-refractivity contribution < 1.29 is 14.7 Å². The monoisotopic (exact) mass is 338 g/mol. The molecule has 2 rings (SSSR count). The molecule has 0 spiro atoms. The number of benzene rings is 1. The molecule has 2 aromatic rings. The summed E-state index contributed by atoms with van der Waals surface area (Å²) in [4.78, 5) is 24.4. The highest BCUT2D eigenvalue weighted by Gasteiger charge is 2.23. The van der Waals surface area contributed by atoms with Crippen molar-refractivity contribution in [3.63, 3.8) is 0 Å². The summed E-state index contributed by atoms with van der Waals surface area (Å²) in [7, 11) is 0. The number of carboxylic acid groups (broad SMARTS) is 1. The van der Waals surface area contributed by atoms with Gasteiger partial charge in [-0.1, -0.05) is 12.1 Å². The van der Waals surface area contributed by atoms with E-state index in [2.05, 4.69) is 15.9 Å². The van der Waals surface area contributed by atoms with Crippen LogP contribution < -0.4 is 0 Å². The van der Waals surface area contributed by atoms with Gasteiger partial charge in [0.25, 0.3) is 0 Å². The first-order valence-electron chi connectivity index (χ1n) is 5.55. The number of aromatic carboxylic acids is 1. The lowest BCUT2D eigenvalue weighted by Crippen LogP contribution is -2.12. The van der Waals surface area contributed by atoms with Crippen LogP contribution in [0.5, 0.6) is 0 Å². The summed E-state index contributed by atoms with van der Waals surface area (Å²) >= 11 is 4.60. The van der Waals surface area contributed by atoms with Crippen LogP contribution in [0.3, 0.4) is 0 Å². The molecule has 0 saturated carbocycles. The van der Waals surface area contributed by atoms with Crippen molar-refractivity contribution in [1.29, 1.82) is 0 Å². The van der Waals surface area contributed by atoms with Gasteiger partial charge in [0.2, 0.25) is 5.78 Å². The lowest BCUT2D eigenvalue weighted by molar-refractivity contribution is 0.0692. The van der Waals surface area contributed by atoms with Crippen LogP contribution in [0.1, 0.15) is 36.7 Å². The van der Waals surface area contributed by atoms with Gasteiger partial charge < -0.3 is 5.11 Å². The number of carboxylic acids is 1. The number of rotatable bonds is 3. The van der Waals surface area contributed by atoms with Gasteiger partial charge in [0.05, 0.1) is 14.2 Å². The summed E-state index contributed by atoms with van der Waals surface area (Å²) in [5, 5.41) is 9.31. The van der Waals surface area contributed by atoms with Crippen LogP contribution in [0.2, 0.25) is 0 Å². The summed E-state index contributed by atoms with van der Waals surface area (Å²) in [6, 6.07) is 6.98. The second-order valence-corrected chi connectivity index (χ2v) is 6.65. The molecule has 0 aliphatic heterocycles. The normalized spacial score (nSPS) is 10.5. The van der Waals surface area contributed by atoms with E-state index in [9.17, 15) is 14.7 Å². The summed E-state index contributed by atoms with van der Waals surface area (Å²) in [5.41, 5.74) is 1.64. The Bertz CT molecular complexity index is 673. The van der Waals surface area contributed by atoms with Crippen molar-refractivity contribution in [3.05, 3.63) is 55.2 Å². The molecule has 0 atom stereocenters. The van der Waals surface area contributed by atoms with Gasteiger partial charge in [0.15, 0.2) is 0 Å². The number of thiophene rings is 1. The Morgan fingerprint density at radius 3 is 2.11 bits per heavy atom. The van der Waals surface area contributed by atoms with Crippen LogP contribution in [-0.2, 0) is 0 Å². The summed E-state index contributed by atoms with van der Waals surface area (Å²) in [6.07, 6.45) is 0. The van der Waals surface area contributed by atoms with E-state index >= 15 is 0 Å².